The van der Waals surface area contributed by atoms with Crippen molar-refractivity contribution in [2.45, 2.75) is 6.61 Å². The molecule has 9 heteroatoms. The van der Waals surface area contributed by atoms with Crippen LogP contribution < -0.4 is 9.47 Å². The van der Waals surface area contributed by atoms with Gasteiger partial charge in [-0.1, -0.05) is 16.8 Å². The van der Waals surface area contributed by atoms with Crippen LogP contribution in [0.5, 0.6) is 17.2 Å². The summed E-state index contributed by atoms with van der Waals surface area (Å²) in [5.74, 6) is 0.477. The molecule has 3 aromatic rings. The minimum atomic E-state index is -0.741. The molecular formula is C18H15ClN2O6. The molecule has 0 amide bonds. The fourth-order valence-corrected chi connectivity index (χ4v) is 2.45. The van der Waals surface area contributed by atoms with Gasteiger partial charge in [-0.2, -0.15) is 4.98 Å². The fraction of sp³-hybridized carbons (Fsp3) is 0.167. The molecule has 0 radical (unpaired) electrons. The number of aromatic nitrogens is 2. The van der Waals surface area contributed by atoms with Gasteiger partial charge in [-0.3, -0.25) is 0 Å². The van der Waals surface area contributed by atoms with Crippen molar-refractivity contribution >= 4 is 17.6 Å². The first-order valence-electron chi connectivity index (χ1n) is 7.72. The predicted octanol–water partition coefficient (Wildman–Crippen LogP) is 3.47. The topological polar surface area (TPSA) is 104 Å². The summed E-state index contributed by atoms with van der Waals surface area (Å²) in [6.07, 6.45) is 0. The minimum Gasteiger partial charge on any atom is -0.507 e. The SMILES string of the molecule is COc1ccc(-c2noc(COC(=O)c3ccc(Cl)cc3O)n2)cc1OC. The first-order chi connectivity index (χ1) is 13.0. The number of nitrogens with zero attached hydrogens (tertiary/aromatic N) is 2. The number of benzene rings is 2. The lowest BCUT2D eigenvalue weighted by Gasteiger charge is -2.07. The second-order valence-electron chi connectivity index (χ2n) is 5.32. The summed E-state index contributed by atoms with van der Waals surface area (Å²) in [6, 6.07) is 9.25. The first-order valence-corrected chi connectivity index (χ1v) is 8.10. The zero-order valence-electron chi connectivity index (χ0n) is 14.4. The largest absolute Gasteiger partial charge is 0.507 e. The second kappa shape index (κ2) is 7.96. The van der Waals surface area contributed by atoms with E-state index in [-0.39, 0.29) is 23.8 Å². The normalized spacial score (nSPS) is 10.5. The Labute approximate surface area is 159 Å². The van der Waals surface area contributed by atoms with Crippen molar-refractivity contribution < 1.29 is 28.6 Å². The molecule has 0 fully saturated rings. The average Bonchev–Trinajstić information content (AvgIpc) is 3.14. The summed E-state index contributed by atoms with van der Waals surface area (Å²) in [5.41, 5.74) is 0.628. The molecule has 8 nitrogen and oxygen atoms in total. The summed E-state index contributed by atoms with van der Waals surface area (Å²) in [5, 5.41) is 13.9. The van der Waals surface area contributed by atoms with Gasteiger partial charge in [-0.05, 0) is 36.4 Å². The van der Waals surface area contributed by atoms with Gasteiger partial charge in [0.25, 0.3) is 5.89 Å². The van der Waals surface area contributed by atoms with Crippen LogP contribution in [0.2, 0.25) is 5.02 Å². The number of aromatic hydroxyl groups is 1. The summed E-state index contributed by atoms with van der Waals surface area (Å²) in [7, 11) is 3.06. The van der Waals surface area contributed by atoms with Crippen LogP contribution in [0.15, 0.2) is 40.9 Å². The van der Waals surface area contributed by atoms with Crippen molar-refractivity contribution in [3.05, 3.63) is 52.9 Å². The van der Waals surface area contributed by atoms with Crippen molar-refractivity contribution in [2.75, 3.05) is 14.2 Å². The Balaban J connectivity index is 1.70. The highest BCUT2D eigenvalue weighted by Gasteiger charge is 2.16. The van der Waals surface area contributed by atoms with E-state index in [0.29, 0.717) is 27.9 Å². The zero-order chi connectivity index (χ0) is 19.4. The molecule has 0 aliphatic carbocycles. The van der Waals surface area contributed by atoms with E-state index in [1.165, 1.54) is 32.4 Å². The standard InChI is InChI=1S/C18H15ClN2O6/c1-24-14-6-3-10(7-15(14)25-2)17-20-16(27-21-17)9-26-18(23)12-5-4-11(19)8-13(12)22/h3-8,22H,9H2,1-2H3. The highest BCUT2D eigenvalue weighted by atomic mass is 35.5. The number of methoxy groups -OCH3 is 2. The lowest BCUT2D eigenvalue weighted by Crippen LogP contribution is -2.05. The maximum atomic E-state index is 12.0. The third-order valence-electron chi connectivity index (χ3n) is 3.62. The van der Waals surface area contributed by atoms with Gasteiger partial charge in [0.05, 0.1) is 14.2 Å². The number of phenols is 1. The smallest absolute Gasteiger partial charge is 0.342 e. The lowest BCUT2D eigenvalue weighted by atomic mass is 10.2. The van der Waals surface area contributed by atoms with Crippen LogP contribution in [0.1, 0.15) is 16.2 Å². The Morgan fingerprint density at radius 1 is 1.15 bits per heavy atom. The van der Waals surface area contributed by atoms with Gasteiger partial charge >= 0.3 is 5.97 Å². The summed E-state index contributed by atoms with van der Waals surface area (Å²) < 4.78 is 20.6. The van der Waals surface area contributed by atoms with Gasteiger partial charge in [0.2, 0.25) is 5.82 Å². The molecule has 1 aromatic heterocycles. The maximum Gasteiger partial charge on any atom is 0.342 e. The van der Waals surface area contributed by atoms with E-state index in [0.717, 1.165) is 0 Å². The highest BCUT2D eigenvalue weighted by molar-refractivity contribution is 6.30. The zero-order valence-corrected chi connectivity index (χ0v) is 15.2. The second-order valence-corrected chi connectivity index (χ2v) is 5.76. The minimum absolute atomic E-state index is 0.0148. The van der Waals surface area contributed by atoms with Crippen LogP contribution >= 0.6 is 11.6 Å². The third-order valence-corrected chi connectivity index (χ3v) is 3.85. The van der Waals surface area contributed by atoms with Gasteiger partial charge in [0, 0.05) is 10.6 Å². The molecule has 0 aliphatic rings. The van der Waals surface area contributed by atoms with Gasteiger partial charge in [0.15, 0.2) is 18.1 Å². The molecule has 27 heavy (non-hydrogen) atoms. The number of rotatable bonds is 6. The Morgan fingerprint density at radius 2 is 1.93 bits per heavy atom. The fourth-order valence-electron chi connectivity index (χ4n) is 2.29. The lowest BCUT2D eigenvalue weighted by molar-refractivity contribution is 0.0426. The Hall–Kier alpha value is -3.26. The maximum absolute atomic E-state index is 12.0. The number of carbonyl (C=O) groups is 1. The molecule has 0 aliphatic heterocycles. The molecule has 1 heterocycles. The van der Waals surface area contributed by atoms with E-state index in [1.54, 1.807) is 18.2 Å². The highest BCUT2D eigenvalue weighted by Crippen LogP contribution is 2.31. The van der Waals surface area contributed by atoms with Crippen LogP contribution in [-0.4, -0.2) is 35.4 Å². The summed E-state index contributed by atoms with van der Waals surface area (Å²) in [6.45, 7) is -0.249. The van der Waals surface area contributed by atoms with Crippen molar-refractivity contribution in [3.63, 3.8) is 0 Å². The van der Waals surface area contributed by atoms with Gasteiger partial charge < -0.3 is 23.8 Å². The third kappa shape index (κ3) is 4.12. The average molecular weight is 391 g/mol. The van der Waals surface area contributed by atoms with Crippen molar-refractivity contribution in [2.24, 2.45) is 0 Å². The molecule has 0 spiro atoms. The van der Waals surface area contributed by atoms with Crippen molar-refractivity contribution in [3.8, 4) is 28.6 Å². The summed E-state index contributed by atoms with van der Waals surface area (Å²) in [4.78, 5) is 16.2. The number of halogens is 1. The van der Waals surface area contributed by atoms with E-state index < -0.39 is 5.97 Å². The predicted molar refractivity (Wildman–Crippen MR) is 95.1 cm³/mol. The van der Waals surface area contributed by atoms with Crippen molar-refractivity contribution in [1.82, 2.24) is 10.1 Å². The van der Waals surface area contributed by atoms with E-state index in [9.17, 15) is 9.90 Å². The number of phenolic OH excluding ortho intramolecular Hbond substituents is 1. The van der Waals surface area contributed by atoms with Crippen LogP contribution in [0, 0.1) is 0 Å². The monoisotopic (exact) mass is 390 g/mol. The first kappa shape index (κ1) is 18.5. The van der Waals surface area contributed by atoms with Crippen LogP contribution in [0.25, 0.3) is 11.4 Å². The van der Waals surface area contributed by atoms with E-state index >= 15 is 0 Å². The molecule has 140 valence electrons. The Kier molecular flexibility index (Phi) is 5.46. The molecule has 3 rings (SSSR count). The quantitative estimate of drug-likeness (QED) is 0.638. The van der Waals surface area contributed by atoms with E-state index in [2.05, 4.69) is 10.1 Å². The Bertz CT molecular complexity index is 972. The molecular weight excluding hydrogens is 376 g/mol. The number of carbonyl (C=O) groups excluding carboxylic acids is 1. The number of hydrogen-bond acceptors (Lipinski definition) is 8. The molecule has 2 aromatic carbocycles. The molecule has 0 saturated heterocycles. The molecule has 0 unspecified atom stereocenters. The molecule has 0 bridgehead atoms. The Morgan fingerprint density at radius 3 is 2.63 bits per heavy atom. The molecule has 0 saturated carbocycles. The van der Waals surface area contributed by atoms with E-state index in [1.807, 2.05) is 0 Å². The number of ether oxygens (including phenoxy) is 3. The van der Waals surface area contributed by atoms with Crippen LogP contribution in [0.4, 0.5) is 0 Å². The summed E-state index contributed by atoms with van der Waals surface area (Å²) >= 11 is 5.73. The van der Waals surface area contributed by atoms with E-state index in [4.69, 9.17) is 30.3 Å². The number of esters is 1. The van der Waals surface area contributed by atoms with Crippen LogP contribution in [0.3, 0.4) is 0 Å². The van der Waals surface area contributed by atoms with Gasteiger partial charge in [0.1, 0.15) is 11.3 Å². The van der Waals surface area contributed by atoms with Gasteiger partial charge in [-0.15, -0.1) is 0 Å². The van der Waals surface area contributed by atoms with Gasteiger partial charge in [-0.25, -0.2) is 4.79 Å². The van der Waals surface area contributed by atoms with Crippen LogP contribution in [-0.2, 0) is 11.3 Å². The molecule has 0 atom stereocenters. The number of hydrogen-bond donors (Lipinski definition) is 1. The molecule has 1 N–H and O–H groups in total. The van der Waals surface area contributed by atoms with Crippen molar-refractivity contribution in [1.29, 1.82) is 0 Å².